The number of methoxy groups -OCH3 is 1. The summed E-state index contributed by atoms with van der Waals surface area (Å²) in [6.07, 6.45) is 3.64. The molecule has 6 heteroatoms. The summed E-state index contributed by atoms with van der Waals surface area (Å²) in [4.78, 5) is 27.4. The van der Waals surface area contributed by atoms with Gasteiger partial charge < -0.3 is 9.64 Å². The van der Waals surface area contributed by atoms with E-state index in [1.165, 1.54) is 4.68 Å². The van der Waals surface area contributed by atoms with Crippen LogP contribution >= 0.6 is 0 Å². The monoisotopic (exact) mass is 363 g/mol. The first-order valence-electron chi connectivity index (χ1n) is 9.03. The maximum absolute atomic E-state index is 12.9. The lowest BCUT2D eigenvalue weighted by molar-refractivity contribution is -0.133. The lowest BCUT2D eigenvalue weighted by Crippen LogP contribution is -2.38. The minimum Gasteiger partial charge on any atom is -0.497 e. The van der Waals surface area contributed by atoms with Gasteiger partial charge in [0.1, 0.15) is 12.3 Å². The van der Waals surface area contributed by atoms with Crippen LogP contribution in [0.1, 0.15) is 18.4 Å². The largest absolute Gasteiger partial charge is 0.497 e. The molecule has 1 fully saturated rings. The molecule has 1 saturated carbocycles. The fourth-order valence-electron chi connectivity index (χ4n) is 3.19. The fourth-order valence-corrected chi connectivity index (χ4v) is 3.19. The van der Waals surface area contributed by atoms with Crippen LogP contribution in [0.25, 0.3) is 10.8 Å². The normalized spacial score (nSPS) is 13.5. The Hall–Kier alpha value is -3.15. The summed E-state index contributed by atoms with van der Waals surface area (Å²) >= 11 is 0. The van der Waals surface area contributed by atoms with Crippen molar-refractivity contribution in [2.24, 2.45) is 0 Å². The van der Waals surface area contributed by atoms with E-state index in [0.29, 0.717) is 11.9 Å². The molecule has 1 aliphatic rings. The molecule has 6 nitrogen and oxygen atoms in total. The summed E-state index contributed by atoms with van der Waals surface area (Å²) in [5.41, 5.74) is 0.802. The van der Waals surface area contributed by atoms with E-state index in [2.05, 4.69) is 5.10 Å². The van der Waals surface area contributed by atoms with E-state index >= 15 is 0 Å². The van der Waals surface area contributed by atoms with Crippen molar-refractivity contribution in [2.45, 2.75) is 32.0 Å². The highest BCUT2D eigenvalue weighted by Crippen LogP contribution is 2.29. The molecular formula is C21H21N3O3. The van der Waals surface area contributed by atoms with E-state index in [1.54, 1.807) is 19.4 Å². The second kappa shape index (κ2) is 7.23. The van der Waals surface area contributed by atoms with Gasteiger partial charge in [0.2, 0.25) is 5.91 Å². The summed E-state index contributed by atoms with van der Waals surface area (Å²) in [6.45, 7) is 0.478. The number of benzene rings is 2. The molecule has 138 valence electrons. The Bertz CT molecular complexity index is 1020. The van der Waals surface area contributed by atoms with Gasteiger partial charge >= 0.3 is 0 Å². The lowest BCUT2D eigenvalue weighted by Gasteiger charge is -2.23. The first kappa shape index (κ1) is 17.3. The van der Waals surface area contributed by atoms with Gasteiger partial charge in [0.05, 0.1) is 18.7 Å². The number of nitrogens with zero attached hydrogens (tertiary/aromatic N) is 3. The molecule has 1 amide bonds. The molecule has 1 heterocycles. The topological polar surface area (TPSA) is 64.4 Å². The molecule has 4 rings (SSSR count). The number of carbonyl (C=O) groups excluding carboxylic acids is 1. The minimum atomic E-state index is -0.235. The molecule has 0 aliphatic heterocycles. The number of rotatable bonds is 6. The first-order valence-corrected chi connectivity index (χ1v) is 9.03. The van der Waals surface area contributed by atoms with Gasteiger partial charge in [0.15, 0.2) is 0 Å². The third-order valence-corrected chi connectivity index (χ3v) is 4.87. The molecule has 1 aromatic heterocycles. The average Bonchev–Trinajstić information content (AvgIpc) is 3.54. The molecule has 0 atom stereocenters. The maximum atomic E-state index is 12.9. The molecule has 0 unspecified atom stereocenters. The first-order chi connectivity index (χ1) is 13.2. The van der Waals surface area contributed by atoms with Gasteiger partial charge in [-0.25, -0.2) is 4.68 Å². The van der Waals surface area contributed by atoms with Crippen LogP contribution in [-0.4, -0.2) is 33.7 Å². The van der Waals surface area contributed by atoms with Gasteiger partial charge in [0, 0.05) is 18.0 Å². The van der Waals surface area contributed by atoms with Crippen molar-refractivity contribution in [3.8, 4) is 5.75 Å². The van der Waals surface area contributed by atoms with E-state index in [4.69, 9.17) is 4.74 Å². The zero-order valence-corrected chi connectivity index (χ0v) is 15.2. The van der Waals surface area contributed by atoms with Gasteiger partial charge in [-0.2, -0.15) is 5.10 Å². The van der Waals surface area contributed by atoms with Crippen LogP contribution in [0, 0.1) is 0 Å². The summed E-state index contributed by atoms with van der Waals surface area (Å²) < 4.78 is 6.44. The van der Waals surface area contributed by atoms with Crippen LogP contribution in [0.3, 0.4) is 0 Å². The molecule has 0 spiro atoms. The highest BCUT2D eigenvalue weighted by Gasteiger charge is 2.32. The standard InChI is InChI=1S/C21H21N3O3/c1-27-18-10-6-15(7-11-18)13-23(17-8-9-17)20(25)14-24-21(26)19-5-3-2-4-16(19)12-22-24/h2-7,10-12,17H,8-9,13-14H2,1H3. The van der Waals surface area contributed by atoms with E-state index in [9.17, 15) is 9.59 Å². The van der Waals surface area contributed by atoms with Crippen LogP contribution in [0.5, 0.6) is 5.75 Å². The quantitative estimate of drug-likeness (QED) is 0.675. The Kier molecular flexibility index (Phi) is 4.62. The molecule has 1 aliphatic carbocycles. The summed E-state index contributed by atoms with van der Waals surface area (Å²) in [6, 6.07) is 15.2. The number of carbonyl (C=O) groups is 1. The predicted octanol–water partition coefficient (Wildman–Crippen LogP) is 2.60. The van der Waals surface area contributed by atoms with Crippen molar-refractivity contribution < 1.29 is 9.53 Å². The second-order valence-electron chi connectivity index (χ2n) is 6.80. The molecule has 3 aromatic rings. The van der Waals surface area contributed by atoms with E-state index < -0.39 is 0 Å². The van der Waals surface area contributed by atoms with Crippen molar-refractivity contribution in [1.29, 1.82) is 0 Å². The number of hydrogen-bond donors (Lipinski definition) is 0. The SMILES string of the molecule is COc1ccc(CN(C(=O)Cn2ncc3ccccc3c2=O)C2CC2)cc1. The predicted molar refractivity (Wildman–Crippen MR) is 103 cm³/mol. The summed E-state index contributed by atoms with van der Waals surface area (Å²) in [5.74, 6) is 0.702. The van der Waals surface area contributed by atoms with Crippen molar-refractivity contribution in [2.75, 3.05) is 7.11 Å². The van der Waals surface area contributed by atoms with Gasteiger partial charge in [-0.1, -0.05) is 30.3 Å². The number of amides is 1. The van der Waals surface area contributed by atoms with Crippen LogP contribution in [0.15, 0.2) is 59.5 Å². The molecule has 0 N–H and O–H groups in total. The Balaban J connectivity index is 1.54. The number of hydrogen-bond acceptors (Lipinski definition) is 4. The summed E-state index contributed by atoms with van der Waals surface area (Å²) in [7, 11) is 1.63. The van der Waals surface area contributed by atoms with Gasteiger partial charge in [-0.15, -0.1) is 0 Å². The Morgan fingerprint density at radius 1 is 1.19 bits per heavy atom. The molecule has 2 aromatic carbocycles. The van der Waals surface area contributed by atoms with Crippen LogP contribution in [-0.2, 0) is 17.9 Å². The minimum absolute atomic E-state index is 0.0453. The smallest absolute Gasteiger partial charge is 0.275 e. The Morgan fingerprint density at radius 2 is 1.93 bits per heavy atom. The molecule has 0 saturated heterocycles. The number of aromatic nitrogens is 2. The van der Waals surface area contributed by atoms with Gasteiger partial charge in [0.25, 0.3) is 5.56 Å². The number of ether oxygens (including phenoxy) is 1. The van der Waals surface area contributed by atoms with Crippen molar-refractivity contribution >= 4 is 16.7 Å². The average molecular weight is 363 g/mol. The Labute approximate surface area is 157 Å². The fraction of sp³-hybridized carbons (Fsp3) is 0.286. The molecule has 0 bridgehead atoms. The highest BCUT2D eigenvalue weighted by atomic mass is 16.5. The number of fused-ring (bicyclic) bond motifs is 1. The van der Waals surface area contributed by atoms with E-state index in [1.807, 2.05) is 47.4 Å². The maximum Gasteiger partial charge on any atom is 0.275 e. The molecule has 27 heavy (non-hydrogen) atoms. The zero-order chi connectivity index (χ0) is 18.8. The van der Waals surface area contributed by atoms with Crippen molar-refractivity contribution in [3.63, 3.8) is 0 Å². The zero-order valence-electron chi connectivity index (χ0n) is 15.2. The van der Waals surface area contributed by atoms with E-state index in [0.717, 1.165) is 29.5 Å². The summed E-state index contributed by atoms with van der Waals surface area (Å²) in [5, 5.41) is 5.54. The third-order valence-electron chi connectivity index (χ3n) is 4.87. The van der Waals surface area contributed by atoms with Gasteiger partial charge in [-0.3, -0.25) is 9.59 Å². The van der Waals surface area contributed by atoms with Crippen LogP contribution in [0.4, 0.5) is 0 Å². The Morgan fingerprint density at radius 3 is 2.63 bits per heavy atom. The van der Waals surface area contributed by atoms with Crippen LogP contribution in [0.2, 0.25) is 0 Å². The molecule has 0 radical (unpaired) electrons. The third kappa shape index (κ3) is 3.69. The second-order valence-corrected chi connectivity index (χ2v) is 6.80. The van der Waals surface area contributed by atoms with Crippen LogP contribution < -0.4 is 10.3 Å². The van der Waals surface area contributed by atoms with E-state index in [-0.39, 0.29) is 24.1 Å². The molecular weight excluding hydrogens is 342 g/mol. The van der Waals surface area contributed by atoms with Crippen molar-refractivity contribution in [3.05, 3.63) is 70.6 Å². The highest BCUT2D eigenvalue weighted by molar-refractivity contribution is 5.81. The van der Waals surface area contributed by atoms with Crippen molar-refractivity contribution in [1.82, 2.24) is 14.7 Å². The van der Waals surface area contributed by atoms with Gasteiger partial charge in [-0.05, 0) is 36.6 Å². The lowest BCUT2D eigenvalue weighted by atomic mass is 10.2.